The lowest BCUT2D eigenvalue weighted by molar-refractivity contribution is -0.161. The number of esters is 2. The first kappa shape index (κ1) is 93.8. The van der Waals surface area contributed by atoms with E-state index in [-0.39, 0.29) is 38.6 Å². The van der Waals surface area contributed by atoms with Crippen molar-refractivity contribution in [1.29, 1.82) is 0 Å². The quantitative estimate of drug-likeness (QED) is 0.0264. The molecule has 0 saturated heterocycles. The van der Waals surface area contributed by atoms with Crippen LogP contribution in [0.1, 0.15) is 489 Å². The maximum atomic E-state index is 12.8. The Morgan fingerprint density at radius 2 is 0.516 bits per heavy atom. The molecule has 0 aliphatic rings. The highest BCUT2D eigenvalue weighted by atomic mass is 31.2. The second-order valence-corrected chi connectivity index (χ2v) is 31.2. The molecule has 0 aromatic carbocycles. The van der Waals surface area contributed by atoms with Gasteiger partial charge in [-0.25, -0.2) is 4.57 Å². The summed E-state index contributed by atoms with van der Waals surface area (Å²) in [6.07, 6.45) is 103. The Balaban J connectivity index is 3.70. The Morgan fingerprint density at radius 3 is 0.747 bits per heavy atom. The average Bonchev–Trinajstić information content (AvgIpc) is 2.64. The second-order valence-electron chi connectivity index (χ2n) is 29.8. The van der Waals surface area contributed by atoms with E-state index in [1.807, 2.05) is 0 Å². The lowest BCUT2D eigenvalue weighted by Gasteiger charge is -2.19. The Bertz CT molecular complexity index is 1560. The maximum absolute atomic E-state index is 12.8. The van der Waals surface area contributed by atoms with Crippen LogP contribution in [-0.4, -0.2) is 49.3 Å². The first-order valence-electron chi connectivity index (χ1n) is 43.2. The van der Waals surface area contributed by atoms with Crippen LogP contribution >= 0.6 is 7.82 Å². The largest absolute Gasteiger partial charge is 0.472 e. The van der Waals surface area contributed by atoms with Crippen LogP contribution in [0.5, 0.6) is 0 Å². The predicted octanol–water partition coefficient (Wildman–Crippen LogP) is 29.0. The van der Waals surface area contributed by atoms with Gasteiger partial charge in [0.2, 0.25) is 0 Å². The maximum Gasteiger partial charge on any atom is 0.472 e. The van der Waals surface area contributed by atoms with Gasteiger partial charge in [0.1, 0.15) is 6.61 Å². The zero-order valence-corrected chi connectivity index (χ0v) is 65.1. The molecule has 566 valence electrons. The van der Waals surface area contributed by atoms with Crippen LogP contribution in [0, 0.1) is 0 Å². The fraction of sp³-hybridized carbons (Fsp3) is 0.953. The summed E-state index contributed by atoms with van der Waals surface area (Å²) in [5, 5.41) is 0. The molecule has 0 saturated carbocycles. The van der Waals surface area contributed by atoms with E-state index in [0.29, 0.717) is 6.42 Å². The number of rotatable bonds is 84. The molecule has 0 aromatic rings. The number of unbranched alkanes of at least 4 members (excludes halogenated alkanes) is 69. The lowest BCUT2D eigenvalue weighted by atomic mass is 10.0. The molecule has 2 atom stereocenters. The summed E-state index contributed by atoms with van der Waals surface area (Å²) >= 11 is 0. The molecule has 10 heteroatoms. The lowest BCUT2D eigenvalue weighted by Crippen LogP contribution is -2.29. The van der Waals surface area contributed by atoms with Gasteiger partial charge in [-0.3, -0.25) is 18.6 Å². The van der Waals surface area contributed by atoms with Crippen molar-refractivity contribution in [2.75, 3.05) is 26.4 Å². The van der Waals surface area contributed by atoms with E-state index in [2.05, 4.69) is 26.0 Å². The molecule has 0 aliphatic heterocycles. The Morgan fingerprint density at radius 1 is 0.305 bits per heavy atom. The van der Waals surface area contributed by atoms with Crippen LogP contribution in [0.4, 0.5) is 0 Å². The number of phosphoric ester groups is 1. The smallest absolute Gasteiger partial charge is 0.462 e. The van der Waals surface area contributed by atoms with Gasteiger partial charge in [-0.2, -0.15) is 0 Å². The second kappa shape index (κ2) is 81.7. The van der Waals surface area contributed by atoms with Crippen molar-refractivity contribution in [2.45, 2.75) is 495 Å². The van der Waals surface area contributed by atoms with Crippen molar-refractivity contribution in [3.63, 3.8) is 0 Å². The minimum absolute atomic E-state index is 0.0583. The number of nitrogens with two attached hydrogens (primary N) is 1. The summed E-state index contributed by atoms with van der Waals surface area (Å²) in [5.41, 5.74) is 5.42. The third-order valence-corrected chi connectivity index (χ3v) is 21.1. The van der Waals surface area contributed by atoms with Gasteiger partial charge < -0.3 is 20.1 Å². The molecule has 9 nitrogen and oxygen atoms in total. The topological polar surface area (TPSA) is 134 Å². The van der Waals surface area contributed by atoms with Crippen LogP contribution in [0.15, 0.2) is 12.2 Å². The summed E-state index contributed by atoms with van der Waals surface area (Å²) < 4.78 is 33.3. The van der Waals surface area contributed by atoms with E-state index in [4.69, 9.17) is 24.3 Å². The van der Waals surface area contributed by atoms with Crippen molar-refractivity contribution < 1.29 is 37.6 Å². The Kier molecular flexibility index (Phi) is 80.6. The molecule has 0 fully saturated rings. The fourth-order valence-corrected chi connectivity index (χ4v) is 14.5. The number of allylic oxidation sites excluding steroid dienone is 2. The van der Waals surface area contributed by atoms with Crippen LogP contribution in [-0.2, 0) is 32.7 Å². The van der Waals surface area contributed by atoms with Crippen LogP contribution in [0.25, 0.3) is 0 Å². The first-order valence-corrected chi connectivity index (χ1v) is 44.7. The number of carbonyl (C=O) groups is 2. The highest BCUT2D eigenvalue weighted by Crippen LogP contribution is 2.43. The van der Waals surface area contributed by atoms with E-state index in [1.54, 1.807) is 0 Å². The molecule has 0 aromatic heterocycles. The van der Waals surface area contributed by atoms with Gasteiger partial charge in [-0.15, -0.1) is 0 Å². The Labute approximate surface area is 593 Å². The van der Waals surface area contributed by atoms with Crippen molar-refractivity contribution in [1.82, 2.24) is 0 Å². The van der Waals surface area contributed by atoms with Crippen molar-refractivity contribution >= 4 is 19.8 Å². The van der Waals surface area contributed by atoms with Gasteiger partial charge in [0.05, 0.1) is 13.2 Å². The summed E-state index contributed by atoms with van der Waals surface area (Å²) in [4.78, 5) is 35.5. The number of phosphoric acid groups is 1. The van der Waals surface area contributed by atoms with Gasteiger partial charge in [0, 0.05) is 19.4 Å². The molecule has 0 rings (SSSR count). The molecular weight excluding hydrogens is 1190 g/mol. The van der Waals surface area contributed by atoms with Gasteiger partial charge >= 0.3 is 19.8 Å². The van der Waals surface area contributed by atoms with Gasteiger partial charge in [0.25, 0.3) is 0 Å². The molecule has 0 spiro atoms. The van der Waals surface area contributed by atoms with E-state index in [1.165, 1.54) is 424 Å². The fourth-order valence-electron chi connectivity index (χ4n) is 13.8. The van der Waals surface area contributed by atoms with E-state index < -0.39 is 26.5 Å². The van der Waals surface area contributed by atoms with Crippen LogP contribution in [0.2, 0.25) is 0 Å². The monoisotopic (exact) mass is 1360 g/mol. The summed E-state index contributed by atoms with van der Waals surface area (Å²) in [5.74, 6) is -0.794. The van der Waals surface area contributed by atoms with Crippen molar-refractivity contribution in [3.8, 4) is 0 Å². The minimum atomic E-state index is -4.39. The average molecular weight is 1360 g/mol. The van der Waals surface area contributed by atoms with E-state index >= 15 is 0 Å². The highest BCUT2D eigenvalue weighted by molar-refractivity contribution is 7.47. The highest BCUT2D eigenvalue weighted by Gasteiger charge is 2.26. The Hall–Kier alpha value is -1.25. The molecule has 0 amide bonds. The molecular formula is C85H168NO8P. The standard InChI is InChI=1S/C85H168NO8P/c1-3-5-7-9-11-13-15-17-19-21-23-25-27-29-31-33-35-37-39-41-43-45-47-49-51-53-55-57-59-61-63-65-67-69-71-73-75-77-84(87)91-81-83(82-93-95(89,90)92-80-79-86)94-85(88)78-76-74-72-70-68-66-64-62-60-58-56-54-52-50-48-46-44-42-40-38-36-34-32-30-28-26-24-22-20-18-16-14-12-10-8-6-4-2/h22,24,83H,3-21,23,25-82,86H2,1-2H3,(H,89,90)/b24-22-. The first-order chi connectivity index (χ1) is 46.8. The molecule has 0 bridgehead atoms. The molecule has 0 aliphatic carbocycles. The van der Waals surface area contributed by atoms with Gasteiger partial charge in [-0.1, -0.05) is 450 Å². The van der Waals surface area contributed by atoms with E-state index in [0.717, 1.165) is 32.1 Å². The summed E-state index contributed by atoms with van der Waals surface area (Å²) in [6, 6.07) is 0. The molecule has 3 N–H and O–H groups in total. The van der Waals surface area contributed by atoms with Gasteiger partial charge in [-0.05, 0) is 38.5 Å². The molecule has 0 heterocycles. The summed E-state index contributed by atoms with van der Waals surface area (Å²) in [7, 11) is -4.39. The van der Waals surface area contributed by atoms with Gasteiger partial charge in [0.15, 0.2) is 6.10 Å². The number of hydrogen-bond acceptors (Lipinski definition) is 8. The third-order valence-electron chi connectivity index (χ3n) is 20.2. The predicted molar refractivity (Wildman–Crippen MR) is 414 cm³/mol. The molecule has 2 unspecified atom stereocenters. The van der Waals surface area contributed by atoms with Crippen LogP contribution < -0.4 is 5.73 Å². The minimum Gasteiger partial charge on any atom is -0.462 e. The van der Waals surface area contributed by atoms with Crippen LogP contribution in [0.3, 0.4) is 0 Å². The zero-order valence-electron chi connectivity index (χ0n) is 64.2. The van der Waals surface area contributed by atoms with E-state index in [9.17, 15) is 19.0 Å². The third kappa shape index (κ3) is 81.6. The number of carbonyl (C=O) groups excluding carboxylic acids is 2. The SMILES string of the molecule is CCCCCCCCCC/C=C\CCCCCCCCCCCCCCCCCCCCCCCCCCCC(=O)OC(COC(=O)CCCCCCCCCCCCCCCCCCCCCCCCCCCCCCCCCCCCCCC)COP(=O)(O)OCCN. The normalized spacial score (nSPS) is 12.8. The summed E-state index contributed by atoms with van der Waals surface area (Å²) in [6.45, 7) is 3.85. The molecule has 95 heavy (non-hydrogen) atoms. The van der Waals surface area contributed by atoms with Crippen molar-refractivity contribution in [3.05, 3.63) is 12.2 Å². The number of hydrogen-bond donors (Lipinski definition) is 2. The zero-order chi connectivity index (χ0) is 68.6. The van der Waals surface area contributed by atoms with Crippen molar-refractivity contribution in [2.24, 2.45) is 5.73 Å². The molecule has 0 radical (unpaired) electrons. The number of ether oxygens (including phenoxy) is 2.